The summed E-state index contributed by atoms with van der Waals surface area (Å²) in [4.78, 5) is -0.000469. The third-order valence-corrected chi connectivity index (χ3v) is 9.80. The standard InChI is InChI=1S/C20H33N3O6S2/c1-28-18-8-9-19(29-2)20(16-18)31(26,27)23(17-6-4-3-5-7-17)14-15-30(24,25)22-12-10-21-11-13-22/h8-9,16-17,21H,3-7,10-15H2,1-2H3. The summed E-state index contributed by atoms with van der Waals surface area (Å²) < 4.78 is 66.6. The molecule has 1 aromatic rings. The molecular weight excluding hydrogens is 442 g/mol. The minimum absolute atomic E-state index is 0.000469. The van der Waals surface area contributed by atoms with Gasteiger partial charge in [0.15, 0.2) is 0 Å². The van der Waals surface area contributed by atoms with Crippen LogP contribution >= 0.6 is 0 Å². The molecule has 9 nitrogen and oxygen atoms in total. The lowest BCUT2D eigenvalue weighted by atomic mass is 9.95. The zero-order valence-electron chi connectivity index (χ0n) is 18.2. The quantitative estimate of drug-likeness (QED) is 0.573. The molecular formula is C20H33N3O6S2. The Morgan fingerprint density at radius 2 is 1.71 bits per heavy atom. The molecule has 0 bridgehead atoms. The van der Waals surface area contributed by atoms with Gasteiger partial charge in [0.2, 0.25) is 20.0 Å². The van der Waals surface area contributed by atoms with Gasteiger partial charge in [0.25, 0.3) is 0 Å². The summed E-state index contributed by atoms with van der Waals surface area (Å²) in [6.45, 7) is 1.93. The highest BCUT2D eigenvalue weighted by Crippen LogP contribution is 2.34. The van der Waals surface area contributed by atoms with Crippen LogP contribution in [0.15, 0.2) is 23.1 Å². The molecule has 176 valence electrons. The van der Waals surface area contributed by atoms with E-state index >= 15 is 0 Å². The van der Waals surface area contributed by atoms with E-state index in [0.717, 1.165) is 32.1 Å². The van der Waals surface area contributed by atoms with Crippen molar-refractivity contribution in [3.8, 4) is 11.5 Å². The van der Waals surface area contributed by atoms with E-state index in [0.29, 0.717) is 31.9 Å². The number of sulfonamides is 2. The van der Waals surface area contributed by atoms with Crippen molar-refractivity contribution in [2.45, 2.75) is 43.0 Å². The largest absolute Gasteiger partial charge is 0.497 e. The summed E-state index contributed by atoms with van der Waals surface area (Å²) in [5, 5.41) is 3.13. The number of nitrogens with zero attached hydrogens (tertiary/aromatic N) is 2. The summed E-state index contributed by atoms with van der Waals surface area (Å²) in [6.07, 6.45) is 4.36. The summed E-state index contributed by atoms with van der Waals surface area (Å²) in [5.74, 6) is 0.373. The fraction of sp³-hybridized carbons (Fsp3) is 0.700. The predicted octanol–water partition coefficient (Wildman–Crippen LogP) is 1.26. The van der Waals surface area contributed by atoms with E-state index in [1.807, 2.05) is 0 Å². The zero-order chi connectivity index (χ0) is 22.5. The van der Waals surface area contributed by atoms with Gasteiger partial charge in [-0.2, -0.15) is 8.61 Å². The summed E-state index contributed by atoms with van der Waals surface area (Å²) >= 11 is 0. The van der Waals surface area contributed by atoms with Crippen LogP contribution in [0.25, 0.3) is 0 Å². The Kier molecular flexibility index (Phi) is 8.19. The van der Waals surface area contributed by atoms with Crippen molar-refractivity contribution in [1.82, 2.24) is 13.9 Å². The molecule has 3 rings (SSSR count). The molecule has 1 N–H and O–H groups in total. The van der Waals surface area contributed by atoms with Crippen LogP contribution in [0.4, 0.5) is 0 Å². The maximum Gasteiger partial charge on any atom is 0.247 e. The first kappa shape index (κ1) is 24.2. The van der Waals surface area contributed by atoms with Gasteiger partial charge in [-0.1, -0.05) is 19.3 Å². The van der Waals surface area contributed by atoms with Crippen molar-refractivity contribution in [1.29, 1.82) is 0 Å². The molecule has 1 heterocycles. The third kappa shape index (κ3) is 5.70. The van der Waals surface area contributed by atoms with E-state index < -0.39 is 20.0 Å². The van der Waals surface area contributed by atoms with Crippen LogP contribution in [0, 0.1) is 0 Å². The van der Waals surface area contributed by atoms with Crippen LogP contribution in [0.5, 0.6) is 11.5 Å². The second-order valence-corrected chi connectivity index (χ2v) is 11.8. The first-order valence-electron chi connectivity index (χ1n) is 10.7. The van der Waals surface area contributed by atoms with Crippen molar-refractivity contribution in [3.63, 3.8) is 0 Å². The molecule has 0 amide bonds. The molecule has 1 aliphatic carbocycles. The Balaban J connectivity index is 1.91. The second-order valence-electron chi connectivity index (χ2n) is 7.89. The lowest BCUT2D eigenvalue weighted by Crippen LogP contribution is -2.49. The van der Waals surface area contributed by atoms with E-state index in [-0.39, 0.29) is 29.0 Å². The van der Waals surface area contributed by atoms with Crippen molar-refractivity contribution < 1.29 is 26.3 Å². The van der Waals surface area contributed by atoms with Gasteiger partial charge in [-0.15, -0.1) is 0 Å². The number of hydrogen-bond acceptors (Lipinski definition) is 7. The Morgan fingerprint density at radius 3 is 2.32 bits per heavy atom. The Hall–Kier alpha value is -1.40. The Bertz CT molecular complexity index is 940. The second kappa shape index (κ2) is 10.5. The van der Waals surface area contributed by atoms with E-state index in [9.17, 15) is 16.8 Å². The van der Waals surface area contributed by atoms with E-state index in [2.05, 4.69) is 5.32 Å². The molecule has 0 spiro atoms. The number of methoxy groups -OCH3 is 2. The number of ether oxygens (including phenoxy) is 2. The Morgan fingerprint density at radius 1 is 1.03 bits per heavy atom. The van der Waals surface area contributed by atoms with Gasteiger partial charge < -0.3 is 14.8 Å². The van der Waals surface area contributed by atoms with Crippen LogP contribution in [0.2, 0.25) is 0 Å². The van der Waals surface area contributed by atoms with Gasteiger partial charge in [-0.3, -0.25) is 0 Å². The number of rotatable bonds is 9. The molecule has 1 aromatic carbocycles. The van der Waals surface area contributed by atoms with Gasteiger partial charge in [-0.25, -0.2) is 16.8 Å². The smallest absolute Gasteiger partial charge is 0.247 e. The maximum atomic E-state index is 13.7. The average molecular weight is 476 g/mol. The van der Waals surface area contributed by atoms with E-state index in [4.69, 9.17) is 9.47 Å². The summed E-state index contributed by atoms with van der Waals surface area (Å²) in [7, 11) is -4.67. The molecule has 31 heavy (non-hydrogen) atoms. The van der Waals surface area contributed by atoms with Crippen LogP contribution in [0.3, 0.4) is 0 Å². The topological polar surface area (TPSA) is 105 Å². The molecule has 0 aromatic heterocycles. The molecule has 1 saturated heterocycles. The predicted molar refractivity (Wildman–Crippen MR) is 119 cm³/mol. The Labute approximate surface area is 185 Å². The van der Waals surface area contributed by atoms with Crippen LogP contribution in [0.1, 0.15) is 32.1 Å². The van der Waals surface area contributed by atoms with Gasteiger partial charge >= 0.3 is 0 Å². The molecule has 0 radical (unpaired) electrons. The lowest BCUT2D eigenvalue weighted by molar-refractivity contribution is 0.259. The molecule has 2 fully saturated rings. The highest BCUT2D eigenvalue weighted by atomic mass is 32.2. The van der Waals surface area contributed by atoms with Gasteiger partial charge in [0.1, 0.15) is 16.4 Å². The summed E-state index contributed by atoms with van der Waals surface area (Å²) in [6, 6.07) is 4.40. The number of benzene rings is 1. The monoisotopic (exact) mass is 475 g/mol. The zero-order valence-corrected chi connectivity index (χ0v) is 19.9. The van der Waals surface area contributed by atoms with Crippen molar-refractivity contribution in [3.05, 3.63) is 18.2 Å². The average Bonchev–Trinajstić information content (AvgIpc) is 2.79. The normalized spacial score (nSPS) is 19.5. The van der Waals surface area contributed by atoms with Crippen LogP contribution < -0.4 is 14.8 Å². The van der Waals surface area contributed by atoms with Crippen LogP contribution in [-0.2, 0) is 20.0 Å². The highest BCUT2D eigenvalue weighted by Gasteiger charge is 2.36. The van der Waals surface area contributed by atoms with Gasteiger partial charge in [-0.05, 0) is 25.0 Å². The van der Waals surface area contributed by atoms with Gasteiger partial charge in [0, 0.05) is 44.8 Å². The molecule has 1 saturated carbocycles. The SMILES string of the molecule is COc1ccc(OC)c(S(=O)(=O)N(CCS(=O)(=O)N2CCNCC2)C2CCCCC2)c1. The lowest BCUT2D eigenvalue weighted by Gasteiger charge is -2.34. The number of nitrogens with one attached hydrogen (secondary N) is 1. The molecule has 0 atom stereocenters. The molecule has 11 heteroatoms. The third-order valence-electron chi connectivity index (χ3n) is 5.98. The number of piperazine rings is 1. The van der Waals surface area contributed by atoms with Crippen molar-refractivity contribution >= 4 is 20.0 Å². The van der Waals surface area contributed by atoms with Gasteiger partial charge in [0.05, 0.1) is 20.0 Å². The molecule has 1 aliphatic heterocycles. The molecule has 2 aliphatic rings. The maximum absolute atomic E-state index is 13.7. The van der Waals surface area contributed by atoms with E-state index in [1.165, 1.54) is 28.9 Å². The molecule has 0 unspecified atom stereocenters. The number of hydrogen-bond donors (Lipinski definition) is 1. The summed E-state index contributed by atoms with van der Waals surface area (Å²) in [5.41, 5.74) is 0. The first-order chi connectivity index (χ1) is 14.8. The minimum atomic E-state index is -4.00. The minimum Gasteiger partial charge on any atom is -0.497 e. The van der Waals surface area contributed by atoms with Crippen molar-refractivity contribution in [2.24, 2.45) is 0 Å². The first-order valence-corrected chi connectivity index (χ1v) is 13.8. The fourth-order valence-electron chi connectivity index (χ4n) is 4.24. The fourth-order valence-corrected chi connectivity index (χ4v) is 7.64. The highest BCUT2D eigenvalue weighted by molar-refractivity contribution is 7.90. The van der Waals surface area contributed by atoms with E-state index in [1.54, 1.807) is 12.1 Å². The van der Waals surface area contributed by atoms with Crippen molar-refractivity contribution in [2.75, 3.05) is 52.7 Å². The van der Waals surface area contributed by atoms with Crippen LogP contribution in [-0.4, -0.2) is 84.2 Å².